The summed E-state index contributed by atoms with van der Waals surface area (Å²) in [6.07, 6.45) is 2.06. The predicted molar refractivity (Wildman–Crippen MR) is 59.9 cm³/mol. The van der Waals surface area contributed by atoms with Crippen LogP contribution in [0.4, 0.5) is 4.79 Å². The normalized spacial score (nSPS) is 14.9. The standard InChI is InChI=1S/C11H16N2O4/c1-3-5-6-12-8-7-9(14)13(10(8)15)11(16)17-4-2/h7,12H,3-6H2,1-2H3. The van der Waals surface area contributed by atoms with Crippen molar-refractivity contribution in [1.82, 2.24) is 10.2 Å². The van der Waals surface area contributed by atoms with Crippen LogP contribution in [0.2, 0.25) is 0 Å². The zero-order chi connectivity index (χ0) is 12.8. The van der Waals surface area contributed by atoms with Gasteiger partial charge in [0.05, 0.1) is 6.61 Å². The Bertz CT molecular complexity index is 362. The van der Waals surface area contributed by atoms with E-state index < -0.39 is 17.9 Å². The van der Waals surface area contributed by atoms with Gasteiger partial charge >= 0.3 is 6.09 Å². The molecule has 6 heteroatoms. The Hall–Kier alpha value is -1.85. The number of unbranched alkanes of at least 4 members (excludes halogenated alkanes) is 1. The Kier molecular flexibility index (Phi) is 4.68. The fourth-order valence-electron chi connectivity index (χ4n) is 1.36. The SMILES string of the molecule is CCCCNC1=CC(=O)N(C(=O)OCC)C1=O. The number of carbonyl (C=O) groups excluding carboxylic acids is 3. The maximum atomic E-state index is 11.7. The van der Waals surface area contributed by atoms with Crippen molar-refractivity contribution < 1.29 is 19.1 Å². The Morgan fingerprint density at radius 3 is 2.71 bits per heavy atom. The van der Waals surface area contributed by atoms with Crippen molar-refractivity contribution in [2.45, 2.75) is 26.7 Å². The minimum atomic E-state index is -0.925. The minimum Gasteiger partial charge on any atom is -0.449 e. The van der Waals surface area contributed by atoms with E-state index in [1.165, 1.54) is 0 Å². The molecule has 0 unspecified atom stereocenters. The molecule has 3 amide bonds. The van der Waals surface area contributed by atoms with Crippen molar-refractivity contribution in [3.63, 3.8) is 0 Å². The Labute approximate surface area is 99.6 Å². The molecule has 17 heavy (non-hydrogen) atoms. The highest BCUT2D eigenvalue weighted by Gasteiger charge is 2.37. The minimum absolute atomic E-state index is 0.120. The molecule has 0 aromatic rings. The number of rotatable bonds is 5. The second-order valence-electron chi connectivity index (χ2n) is 3.52. The molecular formula is C11H16N2O4. The maximum absolute atomic E-state index is 11.7. The zero-order valence-electron chi connectivity index (χ0n) is 9.99. The topological polar surface area (TPSA) is 75.7 Å². The summed E-state index contributed by atoms with van der Waals surface area (Å²) < 4.78 is 4.62. The number of amides is 3. The first-order chi connectivity index (χ1) is 8.11. The van der Waals surface area contributed by atoms with Crippen LogP contribution in [0.3, 0.4) is 0 Å². The average Bonchev–Trinajstić information content (AvgIpc) is 2.55. The third-order valence-electron chi connectivity index (χ3n) is 2.22. The van der Waals surface area contributed by atoms with Crippen molar-refractivity contribution >= 4 is 17.9 Å². The summed E-state index contributed by atoms with van der Waals surface area (Å²) in [6, 6.07) is 0. The van der Waals surface area contributed by atoms with E-state index in [4.69, 9.17) is 0 Å². The Balaban J connectivity index is 2.62. The Morgan fingerprint density at radius 1 is 1.41 bits per heavy atom. The Morgan fingerprint density at radius 2 is 2.12 bits per heavy atom. The average molecular weight is 240 g/mol. The monoisotopic (exact) mass is 240 g/mol. The highest BCUT2D eigenvalue weighted by molar-refractivity contribution is 6.23. The first-order valence-corrected chi connectivity index (χ1v) is 5.62. The second-order valence-corrected chi connectivity index (χ2v) is 3.52. The van der Waals surface area contributed by atoms with Crippen molar-refractivity contribution in [1.29, 1.82) is 0 Å². The first kappa shape index (κ1) is 13.2. The summed E-state index contributed by atoms with van der Waals surface area (Å²) in [5, 5.41) is 2.83. The molecule has 1 rings (SSSR count). The molecule has 1 N–H and O–H groups in total. The van der Waals surface area contributed by atoms with Gasteiger partial charge in [-0.2, -0.15) is 4.90 Å². The fraction of sp³-hybridized carbons (Fsp3) is 0.545. The lowest BCUT2D eigenvalue weighted by molar-refractivity contribution is -0.135. The molecule has 1 aliphatic heterocycles. The lowest BCUT2D eigenvalue weighted by atomic mass is 10.3. The molecule has 0 saturated heterocycles. The lowest BCUT2D eigenvalue weighted by Crippen LogP contribution is -2.39. The van der Waals surface area contributed by atoms with Crippen LogP contribution in [0.15, 0.2) is 11.8 Å². The molecule has 0 aromatic heterocycles. The number of nitrogens with one attached hydrogen (secondary N) is 1. The molecule has 94 valence electrons. The van der Waals surface area contributed by atoms with Gasteiger partial charge < -0.3 is 10.1 Å². The largest absolute Gasteiger partial charge is 0.449 e. The number of hydrogen-bond donors (Lipinski definition) is 1. The van der Waals surface area contributed by atoms with Gasteiger partial charge in [0.25, 0.3) is 11.8 Å². The van der Waals surface area contributed by atoms with Gasteiger partial charge in [-0.15, -0.1) is 0 Å². The van der Waals surface area contributed by atoms with E-state index in [2.05, 4.69) is 10.1 Å². The second kappa shape index (κ2) is 6.03. The van der Waals surface area contributed by atoms with Gasteiger partial charge in [-0.05, 0) is 13.3 Å². The van der Waals surface area contributed by atoms with Gasteiger partial charge in [-0.1, -0.05) is 13.3 Å². The summed E-state index contributed by atoms with van der Waals surface area (Å²) in [4.78, 5) is 35.0. The first-order valence-electron chi connectivity index (χ1n) is 5.62. The highest BCUT2D eigenvalue weighted by atomic mass is 16.6. The predicted octanol–water partition coefficient (Wildman–Crippen LogP) is 0.785. The highest BCUT2D eigenvalue weighted by Crippen LogP contribution is 2.12. The van der Waals surface area contributed by atoms with Gasteiger partial charge in [-0.25, -0.2) is 4.79 Å². The van der Waals surface area contributed by atoms with Gasteiger partial charge in [0.2, 0.25) is 0 Å². The third-order valence-corrected chi connectivity index (χ3v) is 2.22. The summed E-state index contributed by atoms with van der Waals surface area (Å²) in [5.41, 5.74) is 0.150. The van der Waals surface area contributed by atoms with Gasteiger partial charge in [0.15, 0.2) is 0 Å². The molecule has 0 fully saturated rings. The van der Waals surface area contributed by atoms with Crippen LogP contribution in [-0.2, 0) is 14.3 Å². The van der Waals surface area contributed by atoms with E-state index in [-0.39, 0.29) is 12.3 Å². The maximum Gasteiger partial charge on any atom is 0.424 e. The third kappa shape index (κ3) is 3.05. The van der Waals surface area contributed by atoms with E-state index in [0.717, 1.165) is 18.9 Å². The summed E-state index contributed by atoms with van der Waals surface area (Å²) >= 11 is 0. The molecule has 6 nitrogen and oxygen atoms in total. The van der Waals surface area contributed by atoms with Crippen LogP contribution < -0.4 is 5.32 Å². The molecule has 0 bridgehead atoms. The van der Waals surface area contributed by atoms with E-state index in [1.54, 1.807) is 6.92 Å². The van der Waals surface area contributed by atoms with E-state index in [9.17, 15) is 14.4 Å². The quantitative estimate of drug-likeness (QED) is 0.568. The van der Waals surface area contributed by atoms with Gasteiger partial charge in [0, 0.05) is 12.6 Å². The van der Waals surface area contributed by atoms with Crippen molar-refractivity contribution in [3.8, 4) is 0 Å². The molecule has 1 heterocycles. The smallest absolute Gasteiger partial charge is 0.424 e. The molecule has 0 aliphatic carbocycles. The number of ether oxygens (including phenoxy) is 1. The van der Waals surface area contributed by atoms with Crippen LogP contribution >= 0.6 is 0 Å². The fourth-order valence-corrected chi connectivity index (χ4v) is 1.36. The molecular weight excluding hydrogens is 224 g/mol. The van der Waals surface area contributed by atoms with Gasteiger partial charge in [-0.3, -0.25) is 9.59 Å². The zero-order valence-corrected chi connectivity index (χ0v) is 9.99. The number of imide groups is 3. The molecule has 0 atom stereocenters. The van der Waals surface area contributed by atoms with Crippen LogP contribution in [0, 0.1) is 0 Å². The van der Waals surface area contributed by atoms with Crippen LogP contribution in [-0.4, -0.2) is 36.0 Å². The van der Waals surface area contributed by atoms with E-state index >= 15 is 0 Å². The van der Waals surface area contributed by atoms with Crippen LogP contribution in [0.5, 0.6) is 0 Å². The van der Waals surface area contributed by atoms with Crippen LogP contribution in [0.1, 0.15) is 26.7 Å². The van der Waals surface area contributed by atoms with Crippen molar-refractivity contribution in [3.05, 3.63) is 11.8 Å². The summed E-state index contributed by atoms with van der Waals surface area (Å²) in [7, 11) is 0. The number of hydrogen-bond acceptors (Lipinski definition) is 5. The number of nitrogens with zero attached hydrogens (tertiary/aromatic N) is 1. The van der Waals surface area contributed by atoms with Crippen molar-refractivity contribution in [2.75, 3.05) is 13.2 Å². The lowest BCUT2D eigenvalue weighted by Gasteiger charge is -2.12. The molecule has 1 aliphatic rings. The molecule has 0 aromatic carbocycles. The molecule has 0 radical (unpaired) electrons. The molecule has 0 saturated carbocycles. The van der Waals surface area contributed by atoms with E-state index in [1.807, 2.05) is 6.92 Å². The van der Waals surface area contributed by atoms with Crippen LogP contribution in [0.25, 0.3) is 0 Å². The number of carbonyl (C=O) groups is 3. The van der Waals surface area contributed by atoms with Gasteiger partial charge in [0.1, 0.15) is 5.70 Å². The summed E-state index contributed by atoms with van der Waals surface area (Å²) in [6.45, 7) is 4.34. The molecule has 0 spiro atoms. The van der Waals surface area contributed by atoms with Crippen molar-refractivity contribution in [2.24, 2.45) is 0 Å². The summed E-state index contributed by atoms with van der Waals surface area (Å²) in [5.74, 6) is -1.31. The van der Waals surface area contributed by atoms with E-state index in [0.29, 0.717) is 11.4 Å².